The standard InChI is InChI=1S/C9H15ClN2O2S/c1-14-5-3-12(2-4-13)7-8-6-11-9(10)15-8/h6,13H,2-5,7H2,1H3. The van der Waals surface area contributed by atoms with Crippen molar-refractivity contribution in [3.8, 4) is 0 Å². The van der Waals surface area contributed by atoms with E-state index in [2.05, 4.69) is 9.88 Å². The zero-order chi connectivity index (χ0) is 11.1. The van der Waals surface area contributed by atoms with E-state index >= 15 is 0 Å². The number of halogens is 1. The van der Waals surface area contributed by atoms with Crippen LogP contribution in [0.5, 0.6) is 0 Å². The highest BCUT2D eigenvalue weighted by Crippen LogP contribution is 2.19. The third kappa shape index (κ3) is 4.90. The highest BCUT2D eigenvalue weighted by molar-refractivity contribution is 7.15. The molecule has 15 heavy (non-hydrogen) atoms. The molecule has 6 heteroatoms. The number of hydrogen-bond donors (Lipinski definition) is 1. The second kappa shape index (κ2) is 7.14. The molecule has 1 aromatic rings. The lowest BCUT2D eigenvalue weighted by atomic mass is 10.4. The quantitative estimate of drug-likeness (QED) is 0.791. The van der Waals surface area contributed by atoms with Crippen molar-refractivity contribution >= 4 is 22.9 Å². The maximum Gasteiger partial charge on any atom is 0.183 e. The van der Waals surface area contributed by atoms with E-state index in [0.717, 1.165) is 18.0 Å². The first-order chi connectivity index (χ1) is 7.26. The van der Waals surface area contributed by atoms with E-state index in [0.29, 0.717) is 17.6 Å². The molecule has 0 aliphatic carbocycles. The SMILES string of the molecule is COCCN(CCO)Cc1cnc(Cl)s1. The van der Waals surface area contributed by atoms with Gasteiger partial charge < -0.3 is 9.84 Å². The van der Waals surface area contributed by atoms with Gasteiger partial charge in [0.1, 0.15) is 0 Å². The van der Waals surface area contributed by atoms with Crippen LogP contribution in [0.3, 0.4) is 0 Å². The number of aliphatic hydroxyl groups is 1. The topological polar surface area (TPSA) is 45.6 Å². The lowest BCUT2D eigenvalue weighted by Crippen LogP contribution is -2.29. The Hall–Kier alpha value is -0.200. The van der Waals surface area contributed by atoms with E-state index in [1.165, 1.54) is 11.3 Å². The smallest absolute Gasteiger partial charge is 0.183 e. The normalized spacial score (nSPS) is 11.2. The van der Waals surface area contributed by atoms with Gasteiger partial charge in [-0.05, 0) is 0 Å². The van der Waals surface area contributed by atoms with Gasteiger partial charge in [0, 0.05) is 37.8 Å². The first-order valence-corrected chi connectivity index (χ1v) is 5.88. The Kier molecular flexibility index (Phi) is 6.12. The molecule has 0 atom stereocenters. The van der Waals surface area contributed by atoms with Crippen molar-refractivity contribution in [3.63, 3.8) is 0 Å². The van der Waals surface area contributed by atoms with Gasteiger partial charge in [0.05, 0.1) is 13.2 Å². The van der Waals surface area contributed by atoms with Crippen LogP contribution in [-0.2, 0) is 11.3 Å². The van der Waals surface area contributed by atoms with Crippen LogP contribution in [0.4, 0.5) is 0 Å². The number of methoxy groups -OCH3 is 1. The molecule has 0 radical (unpaired) electrons. The summed E-state index contributed by atoms with van der Waals surface area (Å²) in [5.41, 5.74) is 0. The molecular formula is C9H15ClN2O2S. The van der Waals surface area contributed by atoms with Crippen molar-refractivity contribution in [1.29, 1.82) is 0 Å². The Morgan fingerprint density at radius 3 is 2.93 bits per heavy atom. The van der Waals surface area contributed by atoms with E-state index in [9.17, 15) is 0 Å². The predicted octanol–water partition coefficient (Wildman–Crippen LogP) is 1.24. The van der Waals surface area contributed by atoms with Crippen molar-refractivity contribution in [2.24, 2.45) is 0 Å². The fraction of sp³-hybridized carbons (Fsp3) is 0.667. The van der Waals surface area contributed by atoms with Crippen LogP contribution in [0.15, 0.2) is 6.20 Å². The zero-order valence-electron chi connectivity index (χ0n) is 8.65. The van der Waals surface area contributed by atoms with Crippen LogP contribution in [0, 0.1) is 0 Å². The molecule has 1 rings (SSSR count). The summed E-state index contributed by atoms with van der Waals surface area (Å²) in [5.74, 6) is 0. The summed E-state index contributed by atoms with van der Waals surface area (Å²) < 4.78 is 5.56. The molecule has 1 heterocycles. The van der Waals surface area contributed by atoms with E-state index in [4.69, 9.17) is 21.4 Å². The minimum Gasteiger partial charge on any atom is -0.395 e. The van der Waals surface area contributed by atoms with Crippen molar-refractivity contribution in [2.45, 2.75) is 6.54 Å². The minimum atomic E-state index is 0.149. The lowest BCUT2D eigenvalue weighted by molar-refractivity contribution is 0.127. The number of rotatable bonds is 7. The second-order valence-electron chi connectivity index (χ2n) is 3.07. The number of thiazole rings is 1. The molecule has 0 unspecified atom stereocenters. The molecule has 0 saturated carbocycles. The number of hydrogen-bond acceptors (Lipinski definition) is 5. The average Bonchev–Trinajstić information content (AvgIpc) is 2.61. The van der Waals surface area contributed by atoms with Crippen molar-refractivity contribution in [2.75, 3.05) is 33.4 Å². The lowest BCUT2D eigenvalue weighted by Gasteiger charge is -2.19. The van der Waals surface area contributed by atoms with Gasteiger partial charge in [0.15, 0.2) is 4.47 Å². The monoisotopic (exact) mass is 250 g/mol. The molecule has 4 nitrogen and oxygen atoms in total. The molecule has 0 amide bonds. The van der Waals surface area contributed by atoms with Crippen LogP contribution in [0.1, 0.15) is 4.88 Å². The van der Waals surface area contributed by atoms with Gasteiger partial charge in [0.2, 0.25) is 0 Å². The van der Waals surface area contributed by atoms with Gasteiger partial charge in [-0.25, -0.2) is 4.98 Å². The Balaban J connectivity index is 2.42. The molecule has 0 bridgehead atoms. The number of aromatic nitrogens is 1. The second-order valence-corrected chi connectivity index (χ2v) is 4.77. The maximum atomic E-state index is 8.90. The van der Waals surface area contributed by atoms with Crippen LogP contribution >= 0.6 is 22.9 Å². The Morgan fingerprint density at radius 1 is 1.60 bits per heavy atom. The number of nitrogens with zero attached hydrogens (tertiary/aromatic N) is 2. The summed E-state index contributed by atoms with van der Waals surface area (Å²) in [6.07, 6.45) is 1.77. The summed E-state index contributed by atoms with van der Waals surface area (Å²) in [4.78, 5) is 7.18. The van der Waals surface area contributed by atoms with Gasteiger partial charge in [-0.1, -0.05) is 11.6 Å². The van der Waals surface area contributed by atoms with E-state index < -0.39 is 0 Å². The van der Waals surface area contributed by atoms with E-state index in [1.807, 2.05) is 0 Å². The summed E-state index contributed by atoms with van der Waals surface area (Å²) >= 11 is 7.21. The number of aliphatic hydroxyl groups excluding tert-OH is 1. The zero-order valence-corrected chi connectivity index (χ0v) is 10.2. The highest BCUT2D eigenvalue weighted by Gasteiger charge is 2.07. The fourth-order valence-corrected chi connectivity index (χ4v) is 2.23. The average molecular weight is 251 g/mol. The number of ether oxygens (including phenoxy) is 1. The molecule has 0 spiro atoms. The van der Waals surface area contributed by atoms with Gasteiger partial charge in [0.25, 0.3) is 0 Å². The van der Waals surface area contributed by atoms with Gasteiger partial charge in [-0.3, -0.25) is 4.90 Å². The van der Waals surface area contributed by atoms with E-state index in [1.54, 1.807) is 13.3 Å². The van der Waals surface area contributed by atoms with Crippen LogP contribution < -0.4 is 0 Å². The van der Waals surface area contributed by atoms with Crippen LogP contribution in [0.2, 0.25) is 4.47 Å². The molecule has 0 fully saturated rings. The fourth-order valence-electron chi connectivity index (χ4n) is 1.21. The Bertz CT molecular complexity index is 283. The third-order valence-electron chi connectivity index (χ3n) is 1.93. The predicted molar refractivity (Wildman–Crippen MR) is 61.4 cm³/mol. The Morgan fingerprint density at radius 2 is 2.40 bits per heavy atom. The van der Waals surface area contributed by atoms with Crippen LogP contribution in [0.25, 0.3) is 0 Å². The van der Waals surface area contributed by atoms with Gasteiger partial charge >= 0.3 is 0 Å². The molecule has 0 aliphatic heterocycles. The molecule has 1 aromatic heterocycles. The molecular weight excluding hydrogens is 236 g/mol. The first kappa shape index (κ1) is 12.9. The molecule has 0 aromatic carbocycles. The summed E-state index contributed by atoms with van der Waals surface area (Å²) in [6.45, 7) is 3.00. The van der Waals surface area contributed by atoms with E-state index in [-0.39, 0.29) is 6.61 Å². The van der Waals surface area contributed by atoms with Crippen molar-refractivity contribution < 1.29 is 9.84 Å². The third-order valence-corrected chi connectivity index (χ3v) is 3.03. The van der Waals surface area contributed by atoms with Gasteiger partial charge in [-0.2, -0.15) is 0 Å². The first-order valence-electron chi connectivity index (χ1n) is 4.68. The molecule has 0 aliphatic rings. The molecule has 0 saturated heterocycles. The van der Waals surface area contributed by atoms with Crippen LogP contribution in [-0.4, -0.2) is 48.4 Å². The summed E-state index contributed by atoms with van der Waals surface area (Å²) in [5, 5.41) is 8.90. The van der Waals surface area contributed by atoms with Gasteiger partial charge in [-0.15, -0.1) is 11.3 Å². The largest absolute Gasteiger partial charge is 0.395 e. The van der Waals surface area contributed by atoms with Crippen molar-refractivity contribution in [1.82, 2.24) is 9.88 Å². The Labute approximate surface area is 98.5 Å². The highest BCUT2D eigenvalue weighted by atomic mass is 35.5. The molecule has 86 valence electrons. The van der Waals surface area contributed by atoms with Crippen molar-refractivity contribution in [3.05, 3.63) is 15.5 Å². The summed E-state index contributed by atoms with van der Waals surface area (Å²) in [7, 11) is 1.67. The maximum absolute atomic E-state index is 8.90. The molecule has 1 N–H and O–H groups in total. The summed E-state index contributed by atoms with van der Waals surface area (Å²) in [6, 6.07) is 0. The minimum absolute atomic E-state index is 0.149.